The molecular weight excluding hydrogens is 846 g/mol. The maximum absolute atomic E-state index is 11.9. The van der Waals surface area contributed by atoms with Crippen LogP contribution >= 0.6 is 0 Å². The molecule has 0 aliphatic heterocycles. The van der Waals surface area contributed by atoms with Crippen molar-refractivity contribution < 1.29 is 30.6 Å². The Morgan fingerprint density at radius 3 is 1.96 bits per heavy atom. The molecule has 10 aromatic rings. The number of fused-ring (bicyclic) bond motifs is 4. The predicted molar refractivity (Wildman–Crippen MR) is 214 cm³/mol. The smallest absolute Gasteiger partial charge is 0.149 e. The molecule has 5 nitrogen and oxygen atoms in total. The summed E-state index contributed by atoms with van der Waals surface area (Å²) in [5, 5.41) is 15.6. The Kier molecular flexibility index (Phi) is 8.49. The van der Waals surface area contributed by atoms with Gasteiger partial charge < -0.3 is 9.52 Å². The number of benzene rings is 7. The van der Waals surface area contributed by atoms with Gasteiger partial charge in [-0.1, -0.05) is 127 Å². The summed E-state index contributed by atoms with van der Waals surface area (Å²) in [6.07, 6.45) is 2.07. The van der Waals surface area contributed by atoms with Crippen LogP contribution in [0.3, 0.4) is 0 Å². The van der Waals surface area contributed by atoms with Crippen LogP contribution in [0.5, 0.6) is 5.75 Å². The topological polar surface area (TPSA) is 64.1 Å². The molecule has 0 fully saturated rings. The van der Waals surface area contributed by atoms with E-state index in [1.807, 2.05) is 78.9 Å². The molecule has 0 amide bonds. The molecule has 0 aliphatic rings. The maximum Gasteiger partial charge on any atom is 0.149 e. The van der Waals surface area contributed by atoms with Crippen molar-refractivity contribution >= 4 is 32.7 Å². The Hall–Kier alpha value is -6.55. The fraction of sp³-hybridized carbons (Fsp3) is 0. The van der Waals surface area contributed by atoms with Gasteiger partial charge in [-0.2, -0.15) is 0 Å². The van der Waals surface area contributed by atoms with Gasteiger partial charge in [0.1, 0.15) is 28.4 Å². The van der Waals surface area contributed by atoms with Gasteiger partial charge in [-0.3, -0.25) is 9.55 Å². The summed E-state index contributed by atoms with van der Waals surface area (Å²) in [5.74, 6) is 0.670. The van der Waals surface area contributed by atoms with Crippen LogP contribution in [0.4, 0.5) is 0 Å². The molecule has 0 radical (unpaired) electrons. The average Bonchev–Trinajstić information content (AvgIpc) is 3.83. The molecule has 0 spiro atoms. The van der Waals surface area contributed by atoms with E-state index in [4.69, 9.17) is 14.4 Å². The second-order valence-corrected chi connectivity index (χ2v) is 13.0. The van der Waals surface area contributed by atoms with Gasteiger partial charge in [-0.15, -0.1) is 35.9 Å². The second kappa shape index (κ2) is 13.8. The molecule has 1 N–H and O–H groups in total. The van der Waals surface area contributed by atoms with Crippen molar-refractivity contribution in [3.63, 3.8) is 0 Å². The summed E-state index contributed by atoms with van der Waals surface area (Å²) in [4.78, 5) is 10.7. The van der Waals surface area contributed by atoms with Crippen molar-refractivity contribution in [1.29, 1.82) is 0 Å². The maximum atomic E-state index is 11.9. The van der Waals surface area contributed by atoms with Crippen LogP contribution in [0, 0.1) is 6.07 Å². The Bertz CT molecular complexity index is 2900. The minimum atomic E-state index is 0. The van der Waals surface area contributed by atoms with Gasteiger partial charge in [0.2, 0.25) is 0 Å². The first-order chi connectivity index (χ1) is 26.2. The van der Waals surface area contributed by atoms with Crippen LogP contribution in [-0.4, -0.2) is 19.6 Å². The van der Waals surface area contributed by atoms with Gasteiger partial charge in [0, 0.05) is 54.5 Å². The number of nitrogens with zero attached hydrogens (tertiary/aromatic N) is 3. The minimum absolute atomic E-state index is 0. The Morgan fingerprint density at radius 2 is 1.24 bits per heavy atom. The van der Waals surface area contributed by atoms with Crippen molar-refractivity contribution in [2.75, 3.05) is 0 Å². The normalized spacial score (nSPS) is 11.3. The molecular formula is C48H30N3O2Pt-. The van der Waals surface area contributed by atoms with Crippen LogP contribution in [-0.2, 0) is 21.1 Å². The standard InChI is InChI=1S/C48H30N3O2.Pt/c52-41-27-28-43-44(38-23-12-13-26-42(38)53-43)45(41)48-50-40(46-35-22-11-10-21-34(35)29-39(49-46)33-19-8-3-9-20-33)30-51(48)47-36(31-15-4-1-5-16-31)24-14-25-37(47)32-17-6-2-7-18-32;/h1-19,21-30,52H;/q-1;. The molecule has 0 atom stereocenters. The molecule has 6 heteroatoms. The van der Waals surface area contributed by atoms with E-state index in [1.165, 1.54) is 0 Å². The molecule has 0 unspecified atom stereocenters. The van der Waals surface area contributed by atoms with Gasteiger partial charge in [-0.25, -0.2) is 4.98 Å². The van der Waals surface area contributed by atoms with Crippen molar-refractivity contribution in [3.8, 4) is 67.7 Å². The fourth-order valence-corrected chi connectivity index (χ4v) is 7.46. The molecule has 3 aromatic heterocycles. The first-order valence-corrected chi connectivity index (χ1v) is 17.6. The summed E-state index contributed by atoms with van der Waals surface area (Å²) in [6.45, 7) is 0. The second-order valence-electron chi connectivity index (χ2n) is 13.0. The number of aromatic nitrogens is 3. The number of para-hydroxylation sites is 2. The molecule has 0 aliphatic carbocycles. The molecule has 7 aromatic carbocycles. The molecule has 0 saturated heterocycles. The number of phenolic OH excluding ortho intramolecular Hbond substituents is 1. The number of aromatic hydroxyl groups is 1. The zero-order chi connectivity index (χ0) is 35.3. The summed E-state index contributed by atoms with van der Waals surface area (Å²) in [5.41, 5.74) is 10.2. The van der Waals surface area contributed by atoms with Crippen molar-refractivity contribution in [2.24, 2.45) is 0 Å². The van der Waals surface area contributed by atoms with E-state index < -0.39 is 0 Å². The molecule has 54 heavy (non-hydrogen) atoms. The molecule has 260 valence electrons. The van der Waals surface area contributed by atoms with E-state index in [0.717, 1.165) is 72.0 Å². The van der Waals surface area contributed by atoms with E-state index in [-0.39, 0.29) is 26.8 Å². The van der Waals surface area contributed by atoms with Gasteiger partial charge >= 0.3 is 0 Å². The molecule has 10 rings (SSSR count). The number of hydrogen-bond donors (Lipinski definition) is 1. The number of phenols is 1. The van der Waals surface area contributed by atoms with Crippen LogP contribution in [0.1, 0.15) is 0 Å². The SMILES string of the molecule is Oc1ccc2oc3ccccc3c2c1-c1nc(-c2nc(-c3[c-]cccc3)cc3ccccc23)cn1-c1c(-c2ccccc2)cccc1-c1ccccc1.[Pt]. The number of pyridine rings is 1. The monoisotopic (exact) mass is 875 g/mol. The van der Waals surface area contributed by atoms with E-state index in [0.29, 0.717) is 22.7 Å². The van der Waals surface area contributed by atoms with Gasteiger partial charge in [-0.05, 0) is 40.4 Å². The zero-order valence-corrected chi connectivity index (χ0v) is 31.0. The van der Waals surface area contributed by atoms with Crippen molar-refractivity contribution in [2.45, 2.75) is 0 Å². The van der Waals surface area contributed by atoms with Crippen LogP contribution in [0.2, 0.25) is 0 Å². The van der Waals surface area contributed by atoms with Crippen molar-refractivity contribution in [1.82, 2.24) is 14.5 Å². The third kappa shape index (κ3) is 5.62. The van der Waals surface area contributed by atoms with Gasteiger partial charge in [0.15, 0.2) is 0 Å². The fourth-order valence-electron chi connectivity index (χ4n) is 7.46. The first-order valence-electron chi connectivity index (χ1n) is 17.6. The first kappa shape index (κ1) is 33.3. The summed E-state index contributed by atoms with van der Waals surface area (Å²) in [7, 11) is 0. The summed E-state index contributed by atoms with van der Waals surface area (Å²) < 4.78 is 8.48. The summed E-state index contributed by atoms with van der Waals surface area (Å²) in [6, 6.07) is 60.2. The predicted octanol–water partition coefficient (Wildman–Crippen LogP) is 12.2. The summed E-state index contributed by atoms with van der Waals surface area (Å²) >= 11 is 0. The minimum Gasteiger partial charge on any atom is -0.507 e. The number of furan rings is 1. The quantitative estimate of drug-likeness (QED) is 0.169. The van der Waals surface area contributed by atoms with Crippen molar-refractivity contribution in [3.05, 3.63) is 182 Å². The molecule has 3 heterocycles. The number of hydrogen-bond acceptors (Lipinski definition) is 4. The number of rotatable bonds is 6. The molecule has 0 bridgehead atoms. The van der Waals surface area contributed by atoms with Gasteiger partial charge in [0.05, 0.1) is 16.9 Å². The van der Waals surface area contributed by atoms with E-state index >= 15 is 0 Å². The third-order valence-electron chi connectivity index (χ3n) is 9.87. The number of imidazole rings is 1. The largest absolute Gasteiger partial charge is 0.507 e. The van der Waals surface area contributed by atoms with E-state index in [9.17, 15) is 5.11 Å². The van der Waals surface area contributed by atoms with Crippen LogP contribution < -0.4 is 0 Å². The Morgan fingerprint density at radius 1 is 0.574 bits per heavy atom. The molecule has 0 saturated carbocycles. The van der Waals surface area contributed by atoms with E-state index in [2.05, 4.69) is 102 Å². The zero-order valence-electron chi connectivity index (χ0n) is 28.8. The van der Waals surface area contributed by atoms with Crippen LogP contribution in [0.25, 0.3) is 94.7 Å². The Labute approximate surface area is 326 Å². The average molecular weight is 876 g/mol. The third-order valence-corrected chi connectivity index (χ3v) is 9.87. The van der Waals surface area contributed by atoms with E-state index in [1.54, 1.807) is 6.07 Å². The van der Waals surface area contributed by atoms with Gasteiger partial charge in [0.25, 0.3) is 0 Å². The van der Waals surface area contributed by atoms with Crippen LogP contribution in [0.15, 0.2) is 180 Å². The Balaban J connectivity index is 0.00000384.